The lowest BCUT2D eigenvalue weighted by Crippen LogP contribution is -2.40. The number of aromatic nitrogens is 2. The van der Waals surface area contributed by atoms with Gasteiger partial charge < -0.3 is 10.1 Å². The molecule has 0 fully saturated rings. The van der Waals surface area contributed by atoms with Crippen LogP contribution in [0.3, 0.4) is 0 Å². The molecule has 1 heterocycles. The molecule has 0 aliphatic heterocycles. The van der Waals surface area contributed by atoms with E-state index in [-0.39, 0.29) is 17.7 Å². The number of hydrogen-bond acceptors (Lipinski definition) is 4. The Labute approximate surface area is 172 Å². The number of amides is 1. The van der Waals surface area contributed by atoms with E-state index in [4.69, 9.17) is 10.00 Å². The third-order valence-corrected chi connectivity index (χ3v) is 4.11. The Morgan fingerprint density at radius 3 is 2.57 bits per heavy atom. The van der Waals surface area contributed by atoms with Gasteiger partial charge in [-0.25, -0.2) is 18.3 Å². The van der Waals surface area contributed by atoms with Crippen LogP contribution in [0.1, 0.15) is 31.9 Å². The highest BCUT2D eigenvalue weighted by atomic mass is 19.1. The largest absolute Gasteiger partial charge is 0.445 e. The number of ether oxygens (including phenoxy) is 1. The van der Waals surface area contributed by atoms with Gasteiger partial charge in [-0.05, 0) is 51.1 Å². The molecule has 0 bridgehead atoms. The second kappa shape index (κ2) is 8.33. The molecule has 1 amide bonds. The van der Waals surface area contributed by atoms with Gasteiger partial charge in [0.05, 0.1) is 16.9 Å². The zero-order valence-electron chi connectivity index (χ0n) is 16.7. The Kier molecular flexibility index (Phi) is 5.83. The summed E-state index contributed by atoms with van der Waals surface area (Å²) in [6.07, 6.45) is 0.991. The highest BCUT2D eigenvalue weighted by molar-refractivity contribution is 5.68. The van der Waals surface area contributed by atoms with Gasteiger partial charge >= 0.3 is 6.09 Å². The number of alkyl carbamates (subject to hydrolysis) is 1. The van der Waals surface area contributed by atoms with Gasteiger partial charge in [0.25, 0.3) is 0 Å². The predicted octanol–water partition coefficient (Wildman–Crippen LogP) is 4.71. The van der Waals surface area contributed by atoms with Crippen LogP contribution in [-0.4, -0.2) is 21.4 Å². The Hall–Kier alpha value is -3.73. The second-order valence-electron chi connectivity index (χ2n) is 7.68. The lowest BCUT2D eigenvalue weighted by atomic mass is 10.1. The molecule has 8 heteroatoms. The van der Waals surface area contributed by atoms with Gasteiger partial charge in [-0.3, -0.25) is 0 Å². The average molecular weight is 410 g/mol. The molecule has 0 spiro atoms. The summed E-state index contributed by atoms with van der Waals surface area (Å²) in [4.78, 5) is 11.7. The van der Waals surface area contributed by atoms with Gasteiger partial charge in [-0.15, -0.1) is 0 Å². The van der Waals surface area contributed by atoms with Crippen LogP contribution in [0.4, 0.5) is 13.6 Å². The molecule has 0 saturated carbocycles. The molecule has 154 valence electrons. The minimum absolute atomic E-state index is 0.0470. The predicted molar refractivity (Wildman–Crippen MR) is 107 cm³/mol. The zero-order chi connectivity index (χ0) is 21.9. The first kappa shape index (κ1) is 21.0. The smallest absolute Gasteiger partial charge is 0.407 e. The normalized spacial score (nSPS) is 11.1. The van der Waals surface area contributed by atoms with Crippen molar-refractivity contribution < 1.29 is 18.3 Å². The van der Waals surface area contributed by atoms with Crippen molar-refractivity contribution in [1.29, 1.82) is 5.26 Å². The molecule has 2 aromatic carbocycles. The number of hydrogen-bond donors (Lipinski definition) is 1. The molecular formula is C22H20F2N4O2. The molecule has 1 N–H and O–H groups in total. The third-order valence-electron chi connectivity index (χ3n) is 4.11. The van der Waals surface area contributed by atoms with Gasteiger partial charge in [-0.2, -0.15) is 10.4 Å². The van der Waals surface area contributed by atoms with Crippen molar-refractivity contribution in [2.75, 3.05) is 0 Å². The summed E-state index contributed by atoms with van der Waals surface area (Å²) in [5.41, 5.74) is 1.16. The summed E-state index contributed by atoms with van der Waals surface area (Å²) >= 11 is 0. The molecule has 3 rings (SSSR count). The summed E-state index contributed by atoms with van der Waals surface area (Å²) in [5, 5.41) is 15.8. The maximum atomic E-state index is 14.5. The third kappa shape index (κ3) is 5.00. The van der Waals surface area contributed by atoms with Crippen molar-refractivity contribution >= 4 is 6.09 Å². The molecule has 0 aliphatic rings. The van der Waals surface area contributed by atoms with E-state index in [1.807, 2.05) is 20.8 Å². The summed E-state index contributed by atoms with van der Waals surface area (Å²) < 4.78 is 34.8. The van der Waals surface area contributed by atoms with Crippen molar-refractivity contribution in [3.8, 4) is 23.0 Å². The number of nitrogens with one attached hydrogen (secondary N) is 1. The van der Waals surface area contributed by atoms with Gasteiger partial charge in [0, 0.05) is 22.9 Å². The second-order valence-corrected chi connectivity index (χ2v) is 7.68. The first-order valence-electron chi connectivity index (χ1n) is 9.16. The van der Waals surface area contributed by atoms with Crippen LogP contribution < -0.4 is 5.32 Å². The Morgan fingerprint density at radius 2 is 1.93 bits per heavy atom. The summed E-state index contributed by atoms with van der Waals surface area (Å²) in [5.74, 6) is -1.17. The van der Waals surface area contributed by atoms with Gasteiger partial charge in [0.2, 0.25) is 0 Å². The molecule has 0 atom stereocenters. The van der Waals surface area contributed by atoms with Crippen LogP contribution in [0, 0.1) is 23.0 Å². The number of carbonyl (C=O) groups excluding carboxylic acids is 1. The molecule has 30 heavy (non-hydrogen) atoms. The number of carbonyl (C=O) groups is 1. The molecule has 0 unspecified atom stereocenters. The Bertz CT molecular complexity index is 1130. The summed E-state index contributed by atoms with van der Waals surface area (Å²) in [6.45, 7) is 5.24. The number of nitrogens with zero attached hydrogens (tertiary/aromatic N) is 3. The van der Waals surface area contributed by atoms with Crippen molar-refractivity contribution in [3.63, 3.8) is 0 Å². The summed E-state index contributed by atoms with van der Waals surface area (Å²) in [7, 11) is 0. The van der Waals surface area contributed by atoms with Gasteiger partial charge in [0.15, 0.2) is 0 Å². The van der Waals surface area contributed by atoms with E-state index in [1.165, 1.54) is 28.9 Å². The first-order chi connectivity index (χ1) is 14.2. The fourth-order valence-electron chi connectivity index (χ4n) is 2.67. The number of rotatable bonds is 4. The van der Waals surface area contributed by atoms with E-state index in [0.29, 0.717) is 16.9 Å². The Morgan fingerprint density at radius 1 is 1.17 bits per heavy atom. The fraction of sp³-hybridized carbons (Fsp3) is 0.227. The maximum Gasteiger partial charge on any atom is 0.407 e. The molecule has 1 aromatic heterocycles. The van der Waals surface area contributed by atoms with Crippen molar-refractivity contribution in [3.05, 3.63) is 71.4 Å². The fourth-order valence-corrected chi connectivity index (χ4v) is 2.67. The molecule has 0 aliphatic carbocycles. The monoisotopic (exact) mass is 410 g/mol. The van der Waals surface area contributed by atoms with Crippen molar-refractivity contribution in [2.45, 2.75) is 32.9 Å². The lowest BCUT2D eigenvalue weighted by molar-refractivity contribution is 0.130. The highest BCUT2D eigenvalue weighted by Gasteiger charge is 2.16. The zero-order valence-corrected chi connectivity index (χ0v) is 16.7. The minimum Gasteiger partial charge on any atom is -0.445 e. The quantitative estimate of drug-likeness (QED) is 0.675. The van der Waals surface area contributed by atoms with Crippen LogP contribution in [0.15, 0.2) is 48.7 Å². The molecule has 6 nitrogen and oxygen atoms in total. The lowest BCUT2D eigenvalue weighted by Gasteiger charge is -2.20. The van der Waals surface area contributed by atoms with Crippen LogP contribution in [0.25, 0.3) is 16.9 Å². The van der Waals surface area contributed by atoms with E-state index in [2.05, 4.69) is 10.4 Å². The SMILES string of the molecule is CC(C)(C)NC(=O)OCc1ccc(-n2ccc(-c3ccc(C#N)c(F)c3)n2)cc1F. The van der Waals surface area contributed by atoms with Crippen LogP contribution >= 0.6 is 0 Å². The van der Waals surface area contributed by atoms with Crippen LogP contribution in [0.5, 0.6) is 0 Å². The van der Waals surface area contributed by atoms with E-state index in [9.17, 15) is 13.6 Å². The van der Waals surface area contributed by atoms with Crippen LogP contribution in [0.2, 0.25) is 0 Å². The molecule has 3 aromatic rings. The number of benzene rings is 2. The first-order valence-corrected chi connectivity index (χ1v) is 9.16. The van der Waals surface area contributed by atoms with E-state index in [0.717, 1.165) is 0 Å². The standard InChI is InChI=1S/C22H20F2N4O2/c1-22(2,3)26-21(29)30-13-16-6-7-17(11-19(16)24)28-9-8-20(27-28)14-4-5-15(12-25)18(23)10-14/h4-11H,13H2,1-3H3,(H,26,29). The molecular weight excluding hydrogens is 390 g/mol. The van der Waals surface area contributed by atoms with Crippen LogP contribution in [-0.2, 0) is 11.3 Å². The highest BCUT2D eigenvalue weighted by Crippen LogP contribution is 2.22. The van der Waals surface area contributed by atoms with Crippen molar-refractivity contribution in [1.82, 2.24) is 15.1 Å². The number of nitriles is 1. The topological polar surface area (TPSA) is 79.9 Å². The summed E-state index contributed by atoms with van der Waals surface area (Å²) in [6, 6.07) is 12.1. The minimum atomic E-state index is -0.629. The van der Waals surface area contributed by atoms with Gasteiger partial charge in [-0.1, -0.05) is 12.1 Å². The maximum absolute atomic E-state index is 14.5. The molecule has 0 saturated heterocycles. The van der Waals surface area contributed by atoms with E-state index >= 15 is 0 Å². The molecule has 0 radical (unpaired) electrons. The van der Waals surface area contributed by atoms with Crippen molar-refractivity contribution in [2.24, 2.45) is 0 Å². The Balaban J connectivity index is 1.73. The van der Waals surface area contributed by atoms with E-state index in [1.54, 1.807) is 30.5 Å². The number of halogens is 2. The van der Waals surface area contributed by atoms with E-state index < -0.39 is 23.3 Å². The van der Waals surface area contributed by atoms with Gasteiger partial charge in [0.1, 0.15) is 24.3 Å². The average Bonchev–Trinajstić information content (AvgIpc) is 3.15.